The lowest BCUT2D eigenvalue weighted by Crippen LogP contribution is -2.44. The molecule has 0 spiro atoms. The number of rotatable bonds is 1. The summed E-state index contributed by atoms with van der Waals surface area (Å²) in [6, 6.07) is 10.6. The molecule has 128 valence electrons. The molecule has 1 aliphatic heterocycles. The predicted molar refractivity (Wildman–Crippen MR) is 103 cm³/mol. The monoisotopic (exact) mass is 441 g/mol. The highest BCUT2D eigenvalue weighted by molar-refractivity contribution is 8.93. The fourth-order valence-electron chi connectivity index (χ4n) is 2.37. The summed E-state index contributed by atoms with van der Waals surface area (Å²) in [6.45, 7) is 4.37. The topological polar surface area (TPSA) is 114 Å². The van der Waals surface area contributed by atoms with Crippen LogP contribution in [-0.2, 0) is 0 Å². The SMILES string of the molecule is Br.Br.CN1CCN(c2nccc3ccccc23)CC1.O.O.O. The summed E-state index contributed by atoms with van der Waals surface area (Å²) in [5.74, 6) is 1.14. The van der Waals surface area contributed by atoms with Crippen LogP contribution in [0.3, 0.4) is 0 Å². The average Bonchev–Trinajstić information content (AvgIpc) is 2.39. The number of hydrogen-bond acceptors (Lipinski definition) is 3. The number of fused-ring (bicyclic) bond motifs is 1. The van der Waals surface area contributed by atoms with Crippen LogP contribution in [0.4, 0.5) is 5.82 Å². The molecule has 0 amide bonds. The standard InChI is InChI=1S/C14H17N3.2BrH.3H2O/c1-16-8-10-17(11-9-16)14-13-5-3-2-4-12(13)6-7-15-14;;;;;/h2-7H,8-11H2,1H3;2*1H;3*1H2. The number of likely N-dealkylation sites (N-methyl/N-ethyl adjacent to an activating group) is 1. The summed E-state index contributed by atoms with van der Waals surface area (Å²) in [4.78, 5) is 9.32. The fourth-order valence-corrected chi connectivity index (χ4v) is 2.37. The Bertz CT molecular complexity index is 532. The summed E-state index contributed by atoms with van der Waals surface area (Å²) >= 11 is 0. The van der Waals surface area contributed by atoms with E-state index in [1.165, 1.54) is 10.8 Å². The van der Waals surface area contributed by atoms with Crippen molar-refractivity contribution in [2.45, 2.75) is 0 Å². The number of halogens is 2. The molecule has 1 aliphatic rings. The van der Waals surface area contributed by atoms with Crippen LogP contribution >= 0.6 is 34.0 Å². The molecule has 22 heavy (non-hydrogen) atoms. The van der Waals surface area contributed by atoms with Crippen molar-refractivity contribution in [1.82, 2.24) is 9.88 Å². The molecule has 0 unspecified atom stereocenters. The van der Waals surface area contributed by atoms with Gasteiger partial charge in [0.1, 0.15) is 5.82 Å². The molecule has 1 aromatic carbocycles. The smallest absolute Gasteiger partial charge is 0.136 e. The number of pyridine rings is 1. The van der Waals surface area contributed by atoms with Gasteiger partial charge < -0.3 is 26.2 Å². The highest BCUT2D eigenvalue weighted by atomic mass is 79.9. The average molecular weight is 443 g/mol. The molecule has 2 heterocycles. The number of anilines is 1. The van der Waals surface area contributed by atoms with E-state index in [9.17, 15) is 0 Å². The number of hydrogen-bond donors (Lipinski definition) is 0. The molecule has 2 aromatic rings. The van der Waals surface area contributed by atoms with Gasteiger partial charge in [-0.1, -0.05) is 24.3 Å². The summed E-state index contributed by atoms with van der Waals surface area (Å²) in [7, 11) is 2.17. The minimum Gasteiger partial charge on any atom is -0.412 e. The zero-order valence-electron chi connectivity index (χ0n) is 12.5. The van der Waals surface area contributed by atoms with E-state index in [0.717, 1.165) is 32.0 Å². The normalized spacial score (nSPS) is 13.6. The molecule has 1 saturated heterocycles. The largest absolute Gasteiger partial charge is 0.412 e. The summed E-state index contributed by atoms with van der Waals surface area (Å²) in [5.41, 5.74) is 0. The minimum atomic E-state index is 0. The second-order valence-electron chi connectivity index (χ2n) is 4.65. The Labute approximate surface area is 151 Å². The van der Waals surface area contributed by atoms with E-state index in [4.69, 9.17) is 0 Å². The van der Waals surface area contributed by atoms with Crippen LogP contribution in [0.1, 0.15) is 0 Å². The third-order valence-corrected chi connectivity index (χ3v) is 3.46. The molecular weight excluding hydrogens is 418 g/mol. The third-order valence-electron chi connectivity index (χ3n) is 3.46. The highest BCUT2D eigenvalue weighted by Crippen LogP contribution is 2.24. The van der Waals surface area contributed by atoms with E-state index >= 15 is 0 Å². The van der Waals surface area contributed by atoms with Crippen LogP contribution in [0.15, 0.2) is 36.5 Å². The lowest BCUT2D eigenvalue weighted by atomic mass is 10.1. The molecular formula is C14H25Br2N3O3. The van der Waals surface area contributed by atoms with E-state index in [-0.39, 0.29) is 50.4 Å². The Kier molecular flexibility index (Phi) is 14.0. The number of nitrogens with zero attached hydrogens (tertiary/aromatic N) is 3. The van der Waals surface area contributed by atoms with Gasteiger partial charge in [-0.3, -0.25) is 0 Å². The van der Waals surface area contributed by atoms with Gasteiger partial charge in [-0.25, -0.2) is 4.98 Å². The maximum Gasteiger partial charge on any atom is 0.136 e. The van der Waals surface area contributed by atoms with Gasteiger partial charge in [0.25, 0.3) is 0 Å². The first-order valence-corrected chi connectivity index (χ1v) is 6.12. The first-order valence-electron chi connectivity index (χ1n) is 6.12. The van der Waals surface area contributed by atoms with Gasteiger partial charge >= 0.3 is 0 Å². The van der Waals surface area contributed by atoms with Crippen LogP contribution in [0.25, 0.3) is 10.8 Å². The van der Waals surface area contributed by atoms with Crippen molar-refractivity contribution in [3.63, 3.8) is 0 Å². The molecule has 0 radical (unpaired) electrons. The van der Waals surface area contributed by atoms with Crippen molar-refractivity contribution in [3.8, 4) is 0 Å². The van der Waals surface area contributed by atoms with Crippen molar-refractivity contribution in [2.24, 2.45) is 0 Å². The van der Waals surface area contributed by atoms with Crippen molar-refractivity contribution in [3.05, 3.63) is 36.5 Å². The van der Waals surface area contributed by atoms with Gasteiger partial charge in [-0.05, 0) is 18.5 Å². The van der Waals surface area contributed by atoms with Gasteiger partial charge in [-0.2, -0.15) is 0 Å². The van der Waals surface area contributed by atoms with Crippen LogP contribution < -0.4 is 4.90 Å². The second kappa shape index (κ2) is 11.8. The van der Waals surface area contributed by atoms with Crippen LogP contribution in [0.2, 0.25) is 0 Å². The van der Waals surface area contributed by atoms with Crippen LogP contribution in [-0.4, -0.2) is 59.5 Å². The molecule has 1 aromatic heterocycles. The number of aromatic nitrogens is 1. The Morgan fingerprint density at radius 2 is 1.45 bits per heavy atom. The fraction of sp³-hybridized carbons (Fsp3) is 0.357. The van der Waals surface area contributed by atoms with Crippen molar-refractivity contribution in [2.75, 3.05) is 38.1 Å². The van der Waals surface area contributed by atoms with E-state index < -0.39 is 0 Å². The molecule has 0 aliphatic carbocycles. The molecule has 6 N–H and O–H groups in total. The summed E-state index contributed by atoms with van der Waals surface area (Å²) < 4.78 is 0. The zero-order chi connectivity index (χ0) is 11.7. The second-order valence-corrected chi connectivity index (χ2v) is 4.65. The van der Waals surface area contributed by atoms with Crippen LogP contribution in [0.5, 0.6) is 0 Å². The molecule has 3 rings (SSSR count). The van der Waals surface area contributed by atoms with E-state index in [2.05, 4.69) is 52.2 Å². The van der Waals surface area contributed by atoms with Crippen LogP contribution in [0, 0.1) is 0 Å². The Balaban J connectivity index is -0.000000722. The van der Waals surface area contributed by atoms with Crippen molar-refractivity contribution >= 4 is 50.6 Å². The van der Waals surface area contributed by atoms with E-state index in [1.54, 1.807) is 0 Å². The van der Waals surface area contributed by atoms with Gasteiger partial charge in [-0.15, -0.1) is 34.0 Å². The van der Waals surface area contributed by atoms with Gasteiger partial charge in [0.15, 0.2) is 0 Å². The van der Waals surface area contributed by atoms with Gasteiger partial charge in [0, 0.05) is 37.8 Å². The maximum atomic E-state index is 4.56. The quantitative estimate of drug-likeness (QED) is 0.646. The first-order chi connectivity index (χ1) is 8.34. The highest BCUT2D eigenvalue weighted by Gasteiger charge is 2.16. The molecule has 1 fully saturated rings. The maximum absolute atomic E-state index is 4.56. The number of piperazine rings is 1. The molecule has 0 saturated carbocycles. The third kappa shape index (κ3) is 5.45. The Morgan fingerprint density at radius 1 is 0.864 bits per heavy atom. The van der Waals surface area contributed by atoms with Gasteiger partial charge in [0.2, 0.25) is 0 Å². The molecule has 0 atom stereocenters. The molecule has 0 bridgehead atoms. The summed E-state index contributed by atoms with van der Waals surface area (Å²) in [6.07, 6.45) is 1.91. The molecule has 8 heteroatoms. The lowest BCUT2D eigenvalue weighted by molar-refractivity contribution is 0.312. The van der Waals surface area contributed by atoms with E-state index in [1.807, 2.05) is 6.20 Å². The zero-order valence-corrected chi connectivity index (χ0v) is 15.9. The Morgan fingerprint density at radius 3 is 2.09 bits per heavy atom. The van der Waals surface area contributed by atoms with Crippen molar-refractivity contribution < 1.29 is 16.4 Å². The lowest BCUT2D eigenvalue weighted by Gasteiger charge is -2.33. The molecule has 6 nitrogen and oxygen atoms in total. The minimum absolute atomic E-state index is 0. The first kappa shape index (κ1) is 26.1. The number of benzene rings is 1. The predicted octanol–water partition coefficient (Wildman–Crippen LogP) is 0.668. The van der Waals surface area contributed by atoms with E-state index in [0.29, 0.717) is 0 Å². The Hall–Kier alpha value is -0.770. The summed E-state index contributed by atoms with van der Waals surface area (Å²) in [5, 5.41) is 2.54. The van der Waals surface area contributed by atoms with Crippen molar-refractivity contribution in [1.29, 1.82) is 0 Å². The van der Waals surface area contributed by atoms with Gasteiger partial charge in [0.05, 0.1) is 0 Å².